The van der Waals surface area contributed by atoms with E-state index in [2.05, 4.69) is 5.32 Å². The minimum atomic E-state index is -0.390. The molecule has 0 bridgehead atoms. The number of hydrogen-bond acceptors (Lipinski definition) is 4. The highest BCUT2D eigenvalue weighted by molar-refractivity contribution is 6.32. The first kappa shape index (κ1) is 19.8. The second-order valence-corrected chi connectivity index (χ2v) is 6.73. The van der Waals surface area contributed by atoms with Crippen molar-refractivity contribution in [2.24, 2.45) is 0 Å². The van der Waals surface area contributed by atoms with Crippen LogP contribution in [-0.2, 0) is 9.59 Å². The maximum atomic E-state index is 12.8. The van der Waals surface area contributed by atoms with Crippen LogP contribution in [0.5, 0.6) is 11.5 Å². The van der Waals surface area contributed by atoms with E-state index in [4.69, 9.17) is 21.1 Å². The number of ether oxygens (including phenoxy) is 2. The number of nitrogens with zero attached hydrogens (tertiary/aromatic N) is 1. The molecule has 0 spiro atoms. The van der Waals surface area contributed by atoms with E-state index in [-0.39, 0.29) is 24.3 Å². The summed E-state index contributed by atoms with van der Waals surface area (Å²) in [6.07, 6.45) is 3.68. The van der Waals surface area contributed by atoms with Gasteiger partial charge in [0.1, 0.15) is 11.5 Å². The summed E-state index contributed by atoms with van der Waals surface area (Å²) >= 11 is 6.11. The number of methoxy groups -OCH3 is 2. The van der Waals surface area contributed by atoms with Gasteiger partial charge < -0.3 is 19.7 Å². The minimum absolute atomic E-state index is 0.0923. The Hall–Kier alpha value is -2.99. The number of rotatable bonds is 5. The zero-order valence-electron chi connectivity index (χ0n) is 15.9. The van der Waals surface area contributed by atoms with Gasteiger partial charge in [0.15, 0.2) is 0 Å². The molecule has 146 valence electrons. The molecule has 0 radical (unpaired) electrons. The number of fused-ring (bicyclic) bond motifs is 1. The largest absolute Gasteiger partial charge is 0.495 e. The third-order valence-electron chi connectivity index (χ3n) is 4.60. The molecule has 2 amide bonds. The van der Waals surface area contributed by atoms with E-state index in [1.807, 2.05) is 30.3 Å². The lowest BCUT2D eigenvalue weighted by atomic mass is 9.93. The molecule has 0 fully saturated rings. The van der Waals surface area contributed by atoms with E-state index >= 15 is 0 Å². The Balaban J connectivity index is 1.86. The van der Waals surface area contributed by atoms with Crippen LogP contribution in [0.25, 0.3) is 6.08 Å². The van der Waals surface area contributed by atoms with Crippen molar-refractivity contribution in [2.45, 2.75) is 19.4 Å². The average Bonchev–Trinajstić information content (AvgIpc) is 2.68. The van der Waals surface area contributed by atoms with Crippen LogP contribution in [0.4, 0.5) is 5.69 Å². The molecule has 0 aliphatic carbocycles. The van der Waals surface area contributed by atoms with Gasteiger partial charge >= 0.3 is 0 Å². The molecule has 1 heterocycles. The lowest BCUT2D eigenvalue weighted by molar-refractivity contribution is -0.129. The topological polar surface area (TPSA) is 67.9 Å². The van der Waals surface area contributed by atoms with E-state index < -0.39 is 0 Å². The summed E-state index contributed by atoms with van der Waals surface area (Å²) in [6, 6.07) is 10.5. The fourth-order valence-electron chi connectivity index (χ4n) is 3.25. The van der Waals surface area contributed by atoms with Crippen molar-refractivity contribution in [3.8, 4) is 11.5 Å². The molecular formula is C21H21ClN2O4. The third-order valence-corrected chi connectivity index (χ3v) is 4.89. The smallest absolute Gasteiger partial charge is 0.226 e. The number of carbonyl (C=O) groups is 2. The standard InChI is InChI=1S/C21H21ClN2O4/c1-13(25)24-9-8-14-6-4-5-7-15(14)18(24)12-21(26)23-17-11-19(27-2)16(22)10-20(17)28-3/h4-11,18H,12H2,1-3H3,(H,23,26). The molecule has 1 N–H and O–H groups in total. The Bertz CT molecular complexity index is 942. The summed E-state index contributed by atoms with van der Waals surface area (Å²) in [6.45, 7) is 1.48. The van der Waals surface area contributed by atoms with E-state index in [0.717, 1.165) is 11.1 Å². The van der Waals surface area contributed by atoms with Crippen molar-refractivity contribution in [3.05, 3.63) is 58.7 Å². The van der Waals surface area contributed by atoms with Crippen LogP contribution in [0.3, 0.4) is 0 Å². The maximum absolute atomic E-state index is 12.8. The van der Waals surface area contributed by atoms with Crippen LogP contribution in [-0.4, -0.2) is 30.9 Å². The normalized spacial score (nSPS) is 15.0. The fourth-order valence-corrected chi connectivity index (χ4v) is 3.48. The van der Waals surface area contributed by atoms with Crippen LogP contribution >= 0.6 is 11.6 Å². The zero-order valence-corrected chi connectivity index (χ0v) is 16.6. The van der Waals surface area contributed by atoms with Crippen LogP contribution in [0.1, 0.15) is 30.5 Å². The van der Waals surface area contributed by atoms with Crippen molar-refractivity contribution < 1.29 is 19.1 Å². The highest BCUT2D eigenvalue weighted by Crippen LogP contribution is 2.37. The molecule has 0 aromatic heterocycles. The predicted octanol–water partition coefficient (Wildman–Crippen LogP) is 4.26. The third kappa shape index (κ3) is 3.97. The first-order chi connectivity index (χ1) is 13.4. The molecular weight excluding hydrogens is 380 g/mol. The fraction of sp³-hybridized carbons (Fsp3) is 0.238. The van der Waals surface area contributed by atoms with Gasteiger partial charge in [-0.25, -0.2) is 0 Å². The van der Waals surface area contributed by atoms with E-state index in [1.54, 1.807) is 23.2 Å². The van der Waals surface area contributed by atoms with Gasteiger partial charge in [-0.15, -0.1) is 0 Å². The number of carbonyl (C=O) groups excluding carboxylic acids is 2. The molecule has 2 aromatic carbocycles. The first-order valence-corrected chi connectivity index (χ1v) is 9.09. The molecule has 1 atom stereocenters. The van der Waals surface area contributed by atoms with Gasteiger partial charge in [0, 0.05) is 25.3 Å². The van der Waals surface area contributed by atoms with Crippen molar-refractivity contribution in [1.29, 1.82) is 0 Å². The maximum Gasteiger partial charge on any atom is 0.226 e. The molecule has 7 heteroatoms. The Morgan fingerprint density at radius 1 is 1.14 bits per heavy atom. The summed E-state index contributed by atoms with van der Waals surface area (Å²) in [5, 5.41) is 3.22. The van der Waals surface area contributed by atoms with Gasteiger partial charge in [-0.2, -0.15) is 0 Å². The van der Waals surface area contributed by atoms with Crippen LogP contribution in [0.2, 0.25) is 5.02 Å². The number of anilines is 1. The second-order valence-electron chi connectivity index (χ2n) is 6.33. The predicted molar refractivity (Wildman–Crippen MR) is 109 cm³/mol. The average molecular weight is 401 g/mol. The summed E-state index contributed by atoms with van der Waals surface area (Å²) < 4.78 is 10.5. The molecule has 1 aliphatic heterocycles. The zero-order chi connectivity index (χ0) is 20.3. The van der Waals surface area contributed by atoms with Crippen molar-refractivity contribution in [3.63, 3.8) is 0 Å². The molecule has 1 unspecified atom stereocenters. The first-order valence-electron chi connectivity index (χ1n) is 8.72. The second kappa shape index (κ2) is 8.35. The van der Waals surface area contributed by atoms with Crippen molar-refractivity contribution >= 4 is 35.2 Å². The number of hydrogen-bond donors (Lipinski definition) is 1. The summed E-state index contributed by atoms with van der Waals surface area (Å²) in [5.74, 6) is 0.457. The SMILES string of the molecule is COc1cc(NC(=O)CC2c3ccccc3C=CN2C(C)=O)c(OC)cc1Cl. The van der Waals surface area contributed by atoms with Crippen LogP contribution < -0.4 is 14.8 Å². The lowest BCUT2D eigenvalue weighted by Gasteiger charge is -2.32. The molecule has 2 aromatic rings. The van der Waals surface area contributed by atoms with Gasteiger partial charge in [-0.1, -0.05) is 35.9 Å². The molecule has 1 aliphatic rings. The Morgan fingerprint density at radius 2 is 1.86 bits per heavy atom. The van der Waals surface area contributed by atoms with Gasteiger partial charge in [0.25, 0.3) is 0 Å². The minimum Gasteiger partial charge on any atom is -0.495 e. The summed E-state index contributed by atoms with van der Waals surface area (Å²) in [7, 11) is 2.99. The number of amides is 2. The highest BCUT2D eigenvalue weighted by atomic mass is 35.5. The van der Waals surface area contributed by atoms with Crippen LogP contribution in [0.15, 0.2) is 42.6 Å². The number of benzene rings is 2. The van der Waals surface area contributed by atoms with E-state index in [1.165, 1.54) is 21.1 Å². The van der Waals surface area contributed by atoms with Gasteiger partial charge in [0.05, 0.1) is 37.4 Å². The lowest BCUT2D eigenvalue weighted by Crippen LogP contribution is -2.33. The number of halogens is 1. The van der Waals surface area contributed by atoms with Gasteiger partial charge in [-0.05, 0) is 17.2 Å². The monoisotopic (exact) mass is 400 g/mol. The molecule has 3 rings (SSSR count). The molecule has 0 saturated heterocycles. The van der Waals surface area contributed by atoms with Gasteiger partial charge in [0.2, 0.25) is 11.8 Å². The summed E-state index contributed by atoms with van der Waals surface area (Å²) in [4.78, 5) is 26.5. The van der Waals surface area contributed by atoms with Crippen LogP contribution in [0, 0.1) is 0 Å². The summed E-state index contributed by atoms with van der Waals surface area (Å²) in [5.41, 5.74) is 2.36. The molecule has 0 saturated carbocycles. The highest BCUT2D eigenvalue weighted by Gasteiger charge is 2.28. The Morgan fingerprint density at radius 3 is 2.54 bits per heavy atom. The van der Waals surface area contributed by atoms with Gasteiger partial charge in [-0.3, -0.25) is 9.59 Å². The molecule has 28 heavy (non-hydrogen) atoms. The van der Waals surface area contributed by atoms with Crippen molar-refractivity contribution in [2.75, 3.05) is 19.5 Å². The van der Waals surface area contributed by atoms with E-state index in [0.29, 0.717) is 22.2 Å². The van der Waals surface area contributed by atoms with Crippen molar-refractivity contribution in [1.82, 2.24) is 4.90 Å². The number of nitrogens with one attached hydrogen (secondary N) is 1. The van der Waals surface area contributed by atoms with E-state index in [9.17, 15) is 9.59 Å². The molecule has 6 nitrogen and oxygen atoms in total. The quantitative estimate of drug-likeness (QED) is 0.814. The Labute approximate surface area is 168 Å². The Kier molecular flexibility index (Phi) is 5.90.